The van der Waals surface area contributed by atoms with Crippen LogP contribution in [0.25, 0.3) is 0 Å². The van der Waals surface area contributed by atoms with Crippen molar-refractivity contribution >= 4 is 44.8 Å². The second kappa shape index (κ2) is 4.81. The molecule has 0 bridgehead atoms. The molecule has 1 atom stereocenters. The van der Waals surface area contributed by atoms with E-state index in [1.807, 2.05) is 0 Å². The van der Waals surface area contributed by atoms with E-state index in [4.69, 9.17) is 11.6 Å². The van der Waals surface area contributed by atoms with Gasteiger partial charge in [-0.25, -0.2) is 4.39 Å². The first-order valence-electron chi connectivity index (χ1n) is 4.98. The first kappa shape index (κ1) is 13.2. The third-order valence-electron chi connectivity index (χ3n) is 2.56. The molecule has 1 saturated heterocycles. The highest BCUT2D eigenvalue weighted by Crippen LogP contribution is 2.36. The van der Waals surface area contributed by atoms with Gasteiger partial charge in [0.05, 0.1) is 26.5 Å². The molecule has 5 nitrogen and oxygen atoms in total. The third kappa shape index (κ3) is 2.32. The number of hydrogen-bond donors (Lipinski definition) is 0. The van der Waals surface area contributed by atoms with Crippen molar-refractivity contribution in [3.63, 3.8) is 0 Å². The predicted molar refractivity (Wildman–Crippen MR) is 67.4 cm³/mol. The Bertz CT molecular complexity index is 517. The minimum Gasteiger partial charge on any atom is -0.307 e. The molecule has 18 heavy (non-hydrogen) atoms. The third-order valence-corrected chi connectivity index (χ3v) is 3.46. The van der Waals surface area contributed by atoms with Crippen molar-refractivity contribution in [2.75, 3.05) is 11.4 Å². The Balaban J connectivity index is 2.46. The maximum absolute atomic E-state index is 13.9. The van der Waals surface area contributed by atoms with Gasteiger partial charge in [-0.3, -0.25) is 14.9 Å². The number of nitrogens with zero attached hydrogens (tertiary/aromatic N) is 2. The second-order valence-corrected chi connectivity index (χ2v) is 5.29. The molecule has 1 aliphatic heterocycles. The Morgan fingerprint density at radius 3 is 2.67 bits per heavy atom. The molecule has 1 fully saturated rings. The van der Waals surface area contributed by atoms with E-state index in [0.29, 0.717) is 0 Å². The van der Waals surface area contributed by atoms with Gasteiger partial charge < -0.3 is 4.90 Å². The van der Waals surface area contributed by atoms with Gasteiger partial charge >= 0.3 is 0 Å². The molecule has 1 aromatic carbocycles. The summed E-state index contributed by atoms with van der Waals surface area (Å²) < 4.78 is 14.0. The number of hydrogen-bond acceptors (Lipinski definition) is 3. The van der Waals surface area contributed by atoms with Crippen LogP contribution in [-0.4, -0.2) is 22.8 Å². The number of non-ortho nitro benzene ring substituents is 1. The largest absolute Gasteiger partial charge is 0.307 e. The van der Waals surface area contributed by atoms with E-state index in [2.05, 4.69) is 15.9 Å². The molecule has 1 amide bonds. The van der Waals surface area contributed by atoms with Crippen LogP contribution in [0, 0.1) is 15.9 Å². The lowest BCUT2D eigenvalue weighted by Crippen LogP contribution is -2.26. The Labute approximate surface area is 115 Å². The van der Waals surface area contributed by atoms with Crippen molar-refractivity contribution in [2.45, 2.75) is 11.8 Å². The lowest BCUT2D eigenvalue weighted by atomic mass is 10.2. The number of nitro groups is 1. The zero-order valence-corrected chi connectivity index (χ0v) is 11.2. The lowest BCUT2D eigenvalue weighted by molar-refractivity contribution is -0.385. The molecule has 8 heteroatoms. The average Bonchev–Trinajstić information content (AvgIpc) is 2.56. The fourth-order valence-electron chi connectivity index (χ4n) is 1.80. The molecule has 0 aliphatic carbocycles. The van der Waals surface area contributed by atoms with Gasteiger partial charge in [0.15, 0.2) is 5.82 Å². The number of benzene rings is 1. The number of carbonyl (C=O) groups is 1. The Morgan fingerprint density at radius 2 is 2.22 bits per heavy atom. The van der Waals surface area contributed by atoms with Crippen molar-refractivity contribution in [3.05, 3.63) is 32.5 Å². The molecule has 1 aliphatic rings. The van der Waals surface area contributed by atoms with Crippen LogP contribution in [0.1, 0.15) is 6.42 Å². The Morgan fingerprint density at radius 1 is 1.56 bits per heavy atom. The molecule has 1 heterocycles. The van der Waals surface area contributed by atoms with Crippen LogP contribution in [-0.2, 0) is 4.79 Å². The highest BCUT2D eigenvalue weighted by Gasteiger charge is 2.33. The van der Waals surface area contributed by atoms with E-state index >= 15 is 0 Å². The van der Waals surface area contributed by atoms with Gasteiger partial charge in [-0.1, -0.05) is 0 Å². The highest BCUT2D eigenvalue weighted by molar-refractivity contribution is 9.10. The molecule has 0 spiro atoms. The van der Waals surface area contributed by atoms with Crippen molar-refractivity contribution < 1.29 is 14.1 Å². The number of rotatable bonds is 2. The molecule has 0 radical (unpaired) electrons. The van der Waals surface area contributed by atoms with Crippen LogP contribution >= 0.6 is 27.5 Å². The number of carbonyl (C=O) groups excluding carboxylic acids is 1. The fourth-order valence-corrected chi connectivity index (χ4v) is 2.70. The summed E-state index contributed by atoms with van der Waals surface area (Å²) in [4.78, 5) is 22.7. The molecule has 0 aromatic heterocycles. The molecular formula is C10H7BrClFN2O3. The minimum absolute atomic E-state index is 0.00579. The summed E-state index contributed by atoms with van der Waals surface area (Å²) in [5.74, 6) is -1.13. The molecule has 1 aromatic rings. The van der Waals surface area contributed by atoms with Crippen LogP contribution in [0.5, 0.6) is 0 Å². The summed E-state index contributed by atoms with van der Waals surface area (Å²) in [5.41, 5.74) is -0.383. The van der Waals surface area contributed by atoms with E-state index < -0.39 is 10.7 Å². The van der Waals surface area contributed by atoms with Gasteiger partial charge in [-0.05, 0) is 15.9 Å². The molecule has 96 valence electrons. The first-order valence-corrected chi connectivity index (χ1v) is 6.21. The molecule has 2 rings (SSSR count). The van der Waals surface area contributed by atoms with E-state index in [-0.39, 0.29) is 40.1 Å². The van der Waals surface area contributed by atoms with E-state index in [1.165, 1.54) is 4.90 Å². The zero-order valence-electron chi connectivity index (χ0n) is 8.90. The average molecular weight is 338 g/mol. The molecule has 0 saturated carbocycles. The quantitative estimate of drug-likeness (QED) is 0.473. The topological polar surface area (TPSA) is 63.5 Å². The number of nitro benzene ring substituents is 1. The van der Waals surface area contributed by atoms with Gasteiger partial charge in [0.1, 0.15) is 0 Å². The summed E-state index contributed by atoms with van der Waals surface area (Å²) in [6, 6.07) is 1.95. The van der Waals surface area contributed by atoms with E-state index in [9.17, 15) is 19.3 Å². The highest BCUT2D eigenvalue weighted by atomic mass is 79.9. The van der Waals surface area contributed by atoms with Crippen LogP contribution in [0.2, 0.25) is 0 Å². The van der Waals surface area contributed by atoms with Crippen molar-refractivity contribution in [1.82, 2.24) is 0 Å². The van der Waals surface area contributed by atoms with Crippen molar-refractivity contribution in [1.29, 1.82) is 0 Å². The van der Waals surface area contributed by atoms with Gasteiger partial charge in [0.2, 0.25) is 5.91 Å². The molecule has 1 unspecified atom stereocenters. The lowest BCUT2D eigenvalue weighted by Gasteiger charge is -2.18. The number of amides is 1. The van der Waals surface area contributed by atoms with Gasteiger partial charge in [0.25, 0.3) is 5.69 Å². The number of anilines is 1. The maximum atomic E-state index is 13.9. The van der Waals surface area contributed by atoms with Crippen LogP contribution in [0.3, 0.4) is 0 Å². The monoisotopic (exact) mass is 336 g/mol. The summed E-state index contributed by atoms with van der Waals surface area (Å²) in [6.45, 7) is 0.188. The number of alkyl halides is 1. The van der Waals surface area contributed by atoms with Gasteiger partial charge in [-0.2, -0.15) is 0 Å². The van der Waals surface area contributed by atoms with Crippen LogP contribution < -0.4 is 4.90 Å². The molecule has 0 N–H and O–H groups in total. The molecular weight excluding hydrogens is 330 g/mol. The summed E-state index contributed by atoms with van der Waals surface area (Å²) in [7, 11) is 0. The Hall–Kier alpha value is -1.21. The minimum atomic E-state index is -0.824. The van der Waals surface area contributed by atoms with Gasteiger partial charge in [0, 0.05) is 19.0 Å². The van der Waals surface area contributed by atoms with E-state index in [1.54, 1.807) is 0 Å². The standard InChI is InChI=1S/C10H7BrClFN2O3/c11-7-2-6(15(17)18)3-8(13)10(7)14-4-5(12)1-9(14)16/h2-3,5H,1,4H2. The summed E-state index contributed by atoms with van der Waals surface area (Å²) in [6.07, 6.45) is 0.129. The zero-order chi connectivity index (χ0) is 13.4. The first-order chi connectivity index (χ1) is 8.40. The van der Waals surface area contributed by atoms with Crippen LogP contribution in [0.4, 0.5) is 15.8 Å². The smallest absolute Gasteiger partial charge is 0.273 e. The van der Waals surface area contributed by atoms with Crippen molar-refractivity contribution in [3.8, 4) is 0 Å². The fraction of sp³-hybridized carbons (Fsp3) is 0.300. The normalized spacial score (nSPS) is 19.4. The SMILES string of the molecule is O=C1CC(Cl)CN1c1c(F)cc([N+](=O)[O-])cc1Br. The Kier molecular flexibility index (Phi) is 3.54. The second-order valence-electron chi connectivity index (χ2n) is 3.82. The van der Waals surface area contributed by atoms with Crippen molar-refractivity contribution in [2.24, 2.45) is 0 Å². The number of halogens is 3. The summed E-state index contributed by atoms with van der Waals surface area (Å²) >= 11 is 8.87. The summed E-state index contributed by atoms with van der Waals surface area (Å²) in [5, 5.41) is 10.2. The van der Waals surface area contributed by atoms with Gasteiger partial charge in [-0.15, -0.1) is 11.6 Å². The van der Waals surface area contributed by atoms with E-state index in [0.717, 1.165) is 12.1 Å². The maximum Gasteiger partial charge on any atom is 0.273 e. The van der Waals surface area contributed by atoms with Crippen LogP contribution in [0.15, 0.2) is 16.6 Å². The predicted octanol–water partition coefficient (Wildman–Crippen LogP) is 2.84.